The molecule has 0 radical (unpaired) electrons. The Kier molecular flexibility index (Phi) is 7.63. The van der Waals surface area contributed by atoms with Crippen LogP contribution >= 0.6 is 11.3 Å². The topological polar surface area (TPSA) is 118 Å². The van der Waals surface area contributed by atoms with E-state index in [-0.39, 0.29) is 11.9 Å². The van der Waals surface area contributed by atoms with Gasteiger partial charge in [-0.1, -0.05) is 37.3 Å². The molecule has 4 rings (SSSR count). The standard InChI is InChI=1S/C23H32N8O2S/c1-15(2)8-9-24-22(33)29-20(19-26-16-6-4-5-7-17(16)27-19)28-21(32)18-14-25-23(34-18)31-12-10-30(3)11-13-31/h4-7,14-15,20H,8-13H2,1-3H3,(H,26,27)(H,28,32)(H2,24,29,33). The smallest absolute Gasteiger partial charge is 0.316 e. The molecule has 1 aromatic carbocycles. The SMILES string of the molecule is CC(C)CCNC(=O)NC(NC(=O)c1cnc(N2CCN(C)CC2)s1)c1nc2ccccc2[nH]1. The van der Waals surface area contributed by atoms with Gasteiger partial charge in [-0.25, -0.2) is 14.8 Å². The van der Waals surface area contributed by atoms with Crippen molar-refractivity contribution in [3.8, 4) is 0 Å². The number of imidazole rings is 1. The number of likely N-dealkylation sites (N-methyl/N-ethyl adjacent to an activating group) is 1. The average molecular weight is 485 g/mol. The Bertz CT molecular complexity index is 1090. The lowest BCUT2D eigenvalue weighted by molar-refractivity contribution is 0.0933. The summed E-state index contributed by atoms with van der Waals surface area (Å²) in [6, 6.07) is 7.21. The molecule has 1 aliphatic rings. The third-order valence-corrected chi connectivity index (χ3v) is 6.79. The van der Waals surface area contributed by atoms with Crippen LogP contribution in [0.3, 0.4) is 0 Å². The van der Waals surface area contributed by atoms with Gasteiger partial charge >= 0.3 is 6.03 Å². The Morgan fingerprint density at radius 1 is 1.15 bits per heavy atom. The minimum atomic E-state index is -0.826. The molecule has 1 fully saturated rings. The highest BCUT2D eigenvalue weighted by Crippen LogP contribution is 2.24. The Balaban J connectivity index is 1.47. The number of aromatic nitrogens is 3. The molecule has 0 aliphatic carbocycles. The zero-order valence-electron chi connectivity index (χ0n) is 19.8. The van der Waals surface area contributed by atoms with Crippen LogP contribution in [-0.4, -0.2) is 71.6 Å². The molecule has 0 bridgehead atoms. The molecule has 3 heterocycles. The number of benzene rings is 1. The molecule has 3 amide bonds. The molecule has 1 atom stereocenters. The van der Waals surface area contributed by atoms with Crippen LogP contribution in [0.4, 0.5) is 9.93 Å². The Morgan fingerprint density at radius 2 is 1.91 bits per heavy atom. The predicted molar refractivity (Wildman–Crippen MR) is 134 cm³/mol. The second-order valence-electron chi connectivity index (χ2n) is 8.93. The van der Waals surface area contributed by atoms with Crippen molar-refractivity contribution >= 4 is 39.4 Å². The quantitative estimate of drug-likeness (QED) is 0.365. The highest BCUT2D eigenvalue weighted by molar-refractivity contribution is 7.17. The molecule has 2 aromatic heterocycles. The maximum atomic E-state index is 13.1. The highest BCUT2D eigenvalue weighted by Gasteiger charge is 2.24. The summed E-state index contributed by atoms with van der Waals surface area (Å²) in [7, 11) is 2.10. The van der Waals surface area contributed by atoms with Crippen LogP contribution in [0.15, 0.2) is 30.5 Å². The van der Waals surface area contributed by atoms with Crippen molar-refractivity contribution in [1.29, 1.82) is 0 Å². The van der Waals surface area contributed by atoms with Crippen molar-refractivity contribution in [2.75, 3.05) is 44.7 Å². The minimum Gasteiger partial charge on any atom is -0.346 e. The second kappa shape index (κ2) is 10.8. The number of nitrogens with zero attached hydrogens (tertiary/aromatic N) is 4. The number of carbonyl (C=O) groups is 2. The van der Waals surface area contributed by atoms with Gasteiger partial charge in [0.1, 0.15) is 4.88 Å². The van der Waals surface area contributed by atoms with Crippen LogP contribution < -0.4 is 20.9 Å². The van der Waals surface area contributed by atoms with Crippen LogP contribution in [0, 0.1) is 5.92 Å². The fraction of sp³-hybridized carbons (Fsp3) is 0.478. The summed E-state index contributed by atoms with van der Waals surface area (Å²) < 4.78 is 0. The van der Waals surface area contributed by atoms with E-state index in [0.717, 1.165) is 48.8 Å². The van der Waals surface area contributed by atoms with Crippen molar-refractivity contribution in [1.82, 2.24) is 35.8 Å². The van der Waals surface area contributed by atoms with Gasteiger partial charge in [0.2, 0.25) is 0 Å². The lowest BCUT2D eigenvalue weighted by atomic mass is 10.1. The molecule has 10 nitrogen and oxygen atoms in total. The number of thiazole rings is 1. The van der Waals surface area contributed by atoms with Gasteiger partial charge in [0.25, 0.3) is 5.91 Å². The van der Waals surface area contributed by atoms with Gasteiger partial charge in [0.15, 0.2) is 17.1 Å². The minimum absolute atomic E-state index is 0.314. The fourth-order valence-electron chi connectivity index (χ4n) is 3.65. The van der Waals surface area contributed by atoms with Gasteiger partial charge < -0.3 is 30.7 Å². The van der Waals surface area contributed by atoms with Crippen molar-refractivity contribution in [3.05, 3.63) is 41.2 Å². The summed E-state index contributed by atoms with van der Waals surface area (Å²) in [6.07, 6.45) is 1.63. The number of nitrogens with one attached hydrogen (secondary N) is 4. The predicted octanol–water partition coefficient (Wildman–Crippen LogP) is 2.55. The number of para-hydroxylation sites is 2. The van der Waals surface area contributed by atoms with Gasteiger partial charge in [-0.3, -0.25) is 4.79 Å². The lowest BCUT2D eigenvalue weighted by Crippen LogP contribution is -2.46. The van der Waals surface area contributed by atoms with Gasteiger partial charge in [-0.15, -0.1) is 0 Å². The number of aromatic amines is 1. The van der Waals surface area contributed by atoms with Gasteiger partial charge in [-0.2, -0.15) is 0 Å². The lowest BCUT2D eigenvalue weighted by Gasteiger charge is -2.32. The Morgan fingerprint density at radius 3 is 2.65 bits per heavy atom. The Labute approximate surface area is 203 Å². The molecule has 1 aliphatic heterocycles. The first-order chi connectivity index (χ1) is 16.4. The molecule has 1 saturated heterocycles. The third kappa shape index (κ3) is 6.03. The van der Waals surface area contributed by atoms with E-state index < -0.39 is 6.17 Å². The number of urea groups is 1. The fourth-order valence-corrected chi connectivity index (χ4v) is 4.53. The van der Waals surface area contributed by atoms with E-state index in [4.69, 9.17) is 0 Å². The van der Waals surface area contributed by atoms with Crippen LogP contribution in [0.25, 0.3) is 11.0 Å². The number of fused-ring (bicyclic) bond motifs is 1. The number of piperazine rings is 1. The van der Waals surface area contributed by atoms with Crippen LogP contribution in [0.1, 0.15) is 41.9 Å². The van der Waals surface area contributed by atoms with Crippen molar-refractivity contribution < 1.29 is 9.59 Å². The number of carbonyl (C=O) groups excluding carboxylic acids is 2. The molecule has 3 aromatic rings. The van der Waals surface area contributed by atoms with Crippen molar-refractivity contribution in [3.63, 3.8) is 0 Å². The second-order valence-corrected chi connectivity index (χ2v) is 9.93. The number of hydrogen-bond acceptors (Lipinski definition) is 7. The van der Waals surface area contributed by atoms with E-state index in [1.165, 1.54) is 11.3 Å². The molecular formula is C23H32N8O2S. The van der Waals surface area contributed by atoms with Gasteiger partial charge in [0, 0.05) is 32.7 Å². The number of anilines is 1. The zero-order valence-corrected chi connectivity index (χ0v) is 20.6. The average Bonchev–Trinajstić information content (AvgIpc) is 3.46. The number of H-pyrrole nitrogens is 1. The van der Waals surface area contributed by atoms with E-state index in [0.29, 0.717) is 23.2 Å². The summed E-state index contributed by atoms with van der Waals surface area (Å²) in [5.74, 6) is 0.621. The monoisotopic (exact) mass is 484 g/mol. The first-order valence-corrected chi connectivity index (χ1v) is 12.4. The molecular weight excluding hydrogens is 452 g/mol. The van der Waals surface area contributed by atoms with E-state index in [1.54, 1.807) is 6.20 Å². The van der Waals surface area contributed by atoms with Crippen LogP contribution in [0.2, 0.25) is 0 Å². The van der Waals surface area contributed by atoms with Crippen LogP contribution in [0.5, 0.6) is 0 Å². The molecule has 1 unspecified atom stereocenters. The van der Waals surface area contributed by atoms with Gasteiger partial charge in [-0.05, 0) is 31.5 Å². The summed E-state index contributed by atoms with van der Waals surface area (Å²) in [6.45, 7) is 8.43. The highest BCUT2D eigenvalue weighted by atomic mass is 32.1. The first-order valence-electron chi connectivity index (χ1n) is 11.6. The number of hydrogen-bond donors (Lipinski definition) is 4. The van der Waals surface area contributed by atoms with Gasteiger partial charge in [0.05, 0.1) is 17.2 Å². The number of rotatable bonds is 8. The summed E-state index contributed by atoms with van der Waals surface area (Å²) in [4.78, 5) is 42.8. The Hall–Kier alpha value is -3.18. The first kappa shape index (κ1) is 24.0. The van der Waals surface area contributed by atoms with Crippen molar-refractivity contribution in [2.45, 2.75) is 26.4 Å². The molecule has 4 N–H and O–H groups in total. The molecule has 182 valence electrons. The summed E-state index contributed by atoms with van der Waals surface area (Å²) in [5.41, 5.74) is 1.59. The third-order valence-electron chi connectivity index (χ3n) is 5.73. The van der Waals surface area contributed by atoms with E-state index in [2.05, 4.69) is 61.6 Å². The number of amides is 3. The molecule has 34 heavy (non-hydrogen) atoms. The molecule has 11 heteroatoms. The summed E-state index contributed by atoms with van der Waals surface area (Å²) >= 11 is 1.35. The normalized spacial score (nSPS) is 15.5. The molecule has 0 saturated carbocycles. The molecule has 0 spiro atoms. The summed E-state index contributed by atoms with van der Waals surface area (Å²) in [5, 5.41) is 9.42. The largest absolute Gasteiger partial charge is 0.346 e. The van der Waals surface area contributed by atoms with E-state index >= 15 is 0 Å². The maximum absolute atomic E-state index is 13.1. The van der Waals surface area contributed by atoms with Crippen LogP contribution in [-0.2, 0) is 0 Å². The van der Waals surface area contributed by atoms with Crippen molar-refractivity contribution in [2.24, 2.45) is 5.92 Å². The van der Waals surface area contributed by atoms with E-state index in [9.17, 15) is 9.59 Å². The zero-order chi connectivity index (χ0) is 24.1. The maximum Gasteiger partial charge on any atom is 0.316 e. The van der Waals surface area contributed by atoms with E-state index in [1.807, 2.05) is 24.3 Å².